The zero-order valence-electron chi connectivity index (χ0n) is 11.4. The highest BCUT2D eigenvalue weighted by molar-refractivity contribution is 5.83. The lowest BCUT2D eigenvalue weighted by Crippen LogP contribution is -2.38. The minimum atomic E-state index is -1.01. The molecule has 0 atom stereocenters. The molecule has 0 bridgehead atoms. The highest BCUT2D eigenvalue weighted by atomic mass is 19.2. The highest BCUT2D eigenvalue weighted by Gasteiger charge is 2.20. The van der Waals surface area contributed by atoms with Crippen LogP contribution in [0.4, 0.5) is 20.2 Å². The summed E-state index contributed by atoms with van der Waals surface area (Å²) in [4.78, 5) is 14.6. The summed E-state index contributed by atoms with van der Waals surface area (Å²) < 4.78 is 27.2. The molecule has 0 aliphatic rings. The van der Waals surface area contributed by atoms with E-state index < -0.39 is 11.6 Å². The summed E-state index contributed by atoms with van der Waals surface area (Å²) >= 11 is 0. The first-order valence-electron chi connectivity index (χ1n) is 6.07. The third-order valence-corrected chi connectivity index (χ3v) is 2.73. The monoisotopic (exact) mass is 271 g/mol. The number of nitrogens with two attached hydrogens (primary N) is 1. The van der Waals surface area contributed by atoms with E-state index in [-0.39, 0.29) is 23.8 Å². The third kappa shape index (κ3) is 3.56. The van der Waals surface area contributed by atoms with Gasteiger partial charge < -0.3 is 15.5 Å². The number of nitrogen functional groups attached to an aromatic ring is 1. The maximum Gasteiger partial charge on any atom is 0.241 e. The molecular weight excluding hydrogens is 252 g/mol. The lowest BCUT2D eigenvalue weighted by molar-refractivity contribution is -0.127. The minimum Gasteiger partial charge on any atom is -0.397 e. The number of hydrogen-bond donors (Lipinski definition) is 1. The van der Waals surface area contributed by atoms with E-state index in [1.54, 1.807) is 14.1 Å². The molecule has 0 heterocycles. The molecule has 0 spiro atoms. The van der Waals surface area contributed by atoms with Crippen molar-refractivity contribution in [2.24, 2.45) is 0 Å². The zero-order valence-corrected chi connectivity index (χ0v) is 11.4. The summed E-state index contributed by atoms with van der Waals surface area (Å²) in [5.41, 5.74) is 5.78. The van der Waals surface area contributed by atoms with Crippen LogP contribution in [0, 0.1) is 11.6 Å². The number of carbonyl (C=O) groups is 1. The number of carbonyl (C=O) groups excluding carboxylic acids is 1. The topological polar surface area (TPSA) is 49.6 Å². The molecule has 4 nitrogen and oxygen atoms in total. The van der Waals surface area contributed by atoms with Crippen LogP contribution in [0.25, 0.3) is 0 Å². The molecular formula is C13H19F2N3O. The van der Waals surface area contributed by atoms with Crippen LogP contribution in [0.5, 0.6) is 0 Å². The summed E-state index contributed by atoms with van der Waals surface area (Å²) in [5.74, 6) is -2.18. The van der Waals surface area contributed by atoms with E-state index in [0.29, 0.717) is 13.0 Å². The zero-order chi connectivity index (χ0) is 14.6. The average molecular weight is 271 g/mol. The van der Waals surface area contributed by atoms with Gasteiger partial charge in [-0.2, -0.15) is 0 Å². The van der Waals surface area contributed by atoms with Crippen molar-refractivity contribution in [3.05, 3.63) is 23.8 Å². The van der Waals surface area contributed by atoms with Crippen LogP contribution in [-0.4, -0.2) is 38.0 Å². The van der Waals surface area contributed by atoms with E-state index in [1.165, 1.54) is 15.9 Å². The Labute approximate surface area is 111 Å². The SMILES string of the molecule is CCCN(CC(=O)N(C)C)c1c(N)ccc(F)c1F. The van der Waals surface area contributed by atoms with Gasteiger partial charge in [0.15, 0.2) is 11.6 Å². The summed E-state index contributed by atoms with van der Waals surface area (Å²) in [7, 11) is 3.22. The first kappa shape index (κ1) is 15.2. The predicted octanol–water partition coefficient (Wildman–Crippen LogP) is 1.85. The molecule has 0 fully saturated rings. The van der Waals surface area contributed by atoms with Crippen molar-refractivity contribution in [3.8, 4) is 0 Å². The molecule has 1 rings (SSSR count). The first-order chi connectivity index (χ1) is 8.88. The number of rotatable bonds is 5. The molecule has 1 aromatic carbocycles. The molecule has 1 amide bonds. The Kier molecular flexibility index (Phi) is 5.09. The second kappa shape index (κ2) is 6.36. The number of hydrogen-bond acceptors (Lipinski definition) is 3. The van der Waals surface area contributed by atoms with E-state index in [4.69, 9.17) is 5.73 Å². The molecule has 1 aromatic rings. The van der Waals surface area contributed by atoms with Gasteiger partial charge in [0.1, 0.15) is 0 Å². The third-order valence-electron chi connectivity index (χ3n) is 2.73. The van der Waals surface area contributed by atoms with E-state index >= 15 is 0 Å². The van der Waals surface area contributed by atoms with Crippen LogP contribution in [0.3, 0.4) is 0 Å². The first-order valence-corrected chi connectivity index (χ1v) is 6.07. The number of halogens is 2. The predicted molar refractivity (Wildman–Crippen MR) is 72.0 cm³/mol. The molecule has 0 aliphatic heterocycles. The van der Waals surface area contributed by atoms with Crippen molar-refractivity contribution in [2.75, 3.05) is 37.8 Å². The average Bonchev–Trinajstić information content (AvgIpc) is 2.34. The van der Waals surface area contributed by atoms with Gasteiger partial charge in [0, 0.05) is 20.6 Å². The van der Waals surface area contributed by atoms with Gasteiger partial charge in [-0.15, -0.1) is 0 Å². The van der Waals surface area contributed by atoms with Gasteiger partial charge in [-0.25, -0.2) is 8.78 Å². The second-order valence-corrected chi connectivity index (χ2v) is 4.51. The minimum absolute atomic E-state index is 0.0363. The molecule has 0 saturated carbocycles. The Morgan fingerprint density at radius 2 is 1.95 bits per heavy atom. The van der Waals surface area contributed by atoms with Gasteiger partial charge >= 0.3 is 0 Å². The Bertz CT molecular complexity index is 463. The normalized spacial score (nSPS) is 10.4. The second-order valence-electron chi connectivity index (χ2n) is 4.51. The van der Waals surface area contributed by atoms with Crippen molar-refractivity contribution in [1.82, 2.24) is 4.90 Å². The Balaban J connectivity index is 3.12. The van der Waals surface area contributed by atoms with Crippen LogP contribution >= 0.6 is 0 Å². The van der Waals surface area contributed by atoms with Crippen LogP contribution < -0.4 is 10.6 Å². The molecule has 6 heteroatoms. The van der Waals surface area contributed by atoms with Crippen LogP contribution in [0.1, 0.15) is 13.3 Å². The summed E-state index contributed by atoms with van der Waals surface area (Å²) in [6.07, 6.45) is 0.691. The molecule has 0 aliphatic carbocycles. The molecule has 2 N–H and O–H groups in total. The molecule has 0 unspecified atom stereocenters. The fourth-order valence-electron chi connectivity index (χ4n) is 1.72. The fraction of sp³-hybridized carbons (Fsp3) is 0.462. The van der Waals surface area contributed by atoms with E-state index in [9.17, 15) is 13.6 Å². The lowest BCUT2D eigenvalue weighted by Gasteiger charge is -2.27. The molecule has 0 saturated heterocycles. The van der Waals surface area contributed by atoms with Gasteiger partial charge in [-0.3, -0.25) is 4.79 Å². The van der Waals surface area contributed by atoms with Crippen LogP contribution in [-0.2, 0) is 4.79 Å². The quantitative estimate of drug-likeness (QED) is 0.831. The summed E-state index contributed by atoms with van der Waals surface area (Å²) in [5, 5.41) is 0. The Morgan fingerprint density at radius 1 is 1.32 bits per heavy atom. The lowest BCUT2D eigenvalue weighted by atomic mass is 10.2. The summed E-state index contributed by atoms with van der Waals surface area (Å²) in [6.45, 7) is 2.27. The fourth-order valence-corrected chi connectivity index (χ4v) is 1.72. The maximum absolute atomic E-state index is 13.9. The van der Waals surface area contributed by atoms with E-state index in [1.807, 2.05) is 6.92 Å². The molecule has 0 radical (unpaired) electrons. The van der Waals surface area contributed by atoms with Crippen LogP contribution in [0.15, 0.2) is 12.1 Å². The Morgan fingerprint density at radius 3 is 2.47 bits per heavy atom. The number of anilines is 2. The van der Waals surface area contributed by atoms with Crippen LogP contribution in [0.2, 0.25) is 0 Å². The molecule has 19 heavy (non-hydrogen) atoms. The maximum atomic E-state index is 13.9. The van der Waals surface area contributed by atoms with Gasteiger partial charge in [-0.1, -0.05) is 6.92 Å². The van der Waals surface area contributed by atoms with Gasteiger partial charge in [0.05, 0.1) is 17.9 Å². The summed E-state index contributed by atoms with van der Waals surface area (Å²) in [6, 6.07) is 2.28. The van der Waals surface area contributed by atoms with Gasteiger partial charge in [0.2, 0.25) is 5.91 Å². The smallest absolute Gasteiger partial charge is 0.241 e. The molecule has 0 aromatic heterocycles. The number of nitrogens with zero attached hydrogens (tertiary/aromatic N) is 2. The van der Waals surface area contributed by atoms with Crippen molar-refractivity contribution in [1.29, 1.82) is 0 Å². The molecule has 106 valence electrons. The largest absolute Gasteiger partial charge is 0.397 e. The van der Waals surface area contributed by atoms with Crippen molar-refractivity contribution >= 4 is 17.3 Å². The Hall–Kier alpha value is -1.85. The van der Waals surface area contributed by atoms with Gasteiger partial charge in [-0.05, 0) is 18.6 Å². The number of benzene rings is 1. The van der Waals surface area contributed by atoms with E-state index in [0.717, 1.165) is 6.07 Å². The van der Waals surface area contributed by atoms with Crippen molar-refractivity contribution in [3.63, 3.8) is 0 Å². The number of likely N-dealkylation sites (N-methyl/N-ethyl adjacent to an activating group) is 1. The van der Waals surface area contributed by atoms with Crippen molar-refractivity contribution in [2.45, 2.75) is 13.3 Å². The highest BCUT2D eigenvalue weighted by Crippen LogP contribution is 2.28. The van der Waals surface area contributed by atoms with Crippen molar-refractivity contribution < 1.29 is 13.6 Å². The number of amides is 1. The standard InChI is InChI=1S/C13H19F2N3O/c1-4-7-18(8-11(19)17(2)3)13-10(16)6-5-9(14)12(13)15/h5-6H,4,7-8,16H2,1-3H3. The van der Waals surface area contributed by atoms with Gasteiger partial charge in [0.25, 0.3) is 0 Å². The van der Waals surface area contributed by atoms with E-state index in [2.05, 4.69) is 0 Å².